The van der Waals surface area contributed by atoms with Gasteiger partial charge < -0.3 is 29.8 Å². The second kappa shape index (κ2) is 13.1. The van der Waals surface area contributed by atoms with E-state index in [1.807, 2.05) is 24.5 Å². The molecule has 0 saturated heterocycles. The molecule has 8 heteroatoms. The third-order valence-corrected chi connectivity index (χ3v) is 7.14. The van der Waals surface area contributed by atoms with Crippen molar-refractivity contribution in [2.45, 2.75) is 38.2 Å². The molecule has 1 aliphatic rings. The summed E-state index contributed by atoms with van der Waals surface area (Å²) in [5.74, 6) is 0.135. The largest absolute Gasteiger partial charge is 0.504 e. The van der Waals surface area contributed by atoms with Gasteiger partial charge in [-0.2, -0.15) is 0 Å². The molecule has 0 bridgehead atoms. The molecule has 0 amide bonds. The molecule has 0 fully saturated rings. The van der Waals surface area contributed by atoms with E-state index in [-0.39, 0.29) is 35.5 Å². The van der Waals surface area contributed by atoms with Crippen LogP contribution in [0, 0.1) is 18.4 Å². The molecular formula is C31H35N2O6+. The van der Waals surface area contributed by atoms with Crippen LogP contribution in [0.1, 0.15) is 29.5 Å². The van der Waals surface area contributed by atoms with Gasteiger partial charge in [0.25, 0.3) is 0 Å². The average Bonchev–Trinajstić information content (AvgIpc) is 3.64. The van der Waals surface area contributed by atoms with E-state index < -0.39 is 6.10 Å². The summed E-state index contributed by atoms with van der Waals surface area (Å²) in [6, 6.07) is 12.2. The molecule has 39 heavy (non-hydrogen) atoms. The number of carbonyl (C=O) groups excluding carboxylic acids is 1. The Morgan fingerprint density at radius 1 is 0.923 bits per heavy atom. The summed E-state index contributed by atoms with van der Waals surface area (Å²) in [6.07, 6.45) is 8.49. The predicted octanol–water partition coefficient (Wildman–Crippen LogP) is 4.59. The summed E-state index contributed by atoms with van der Waals surface area (Å²) >= 11 is 0. The number of allylic oxidation sites excluding steroid dienone is 1. The smallest absolute Gasteiger partial charge is 0.176 e. The van der Waals surface area contributed by atoms with Gasteiger partial charge in [-0.1, -0.05) is 12.1 Å². The van der Waals surface area contributed by atoms with Crippen LogP contribution in [0.15, 0.2) is 71.5 Å². The normalized spacial score (nSPS) is 14.8. The molecule has 2 heterocycles. The molecule has 0 saturated carbocycles. The Bertz CT molecular complexity index is 1310. The van der Waals surface area contributed by atoms with Gasteiger partial charge in [-0.05, 0) is 72.2 Å². The zero-order chi connectivity index (χ0) is 27.8. The van der Waals surface area contributed by atoms with E-state index in [0.717, 1.165) is 22.3 Å². The number of aromatic amines is 1. The number of aromatic nitrogens is 1. The summed E-state index contributed by atoms with van der Waals surface area (Å²) in [6.45, 7) is 1.70. The van der Waals surface area contributed by atoms with Gasteiger partial charge in [0.05, 0.1) is 26.4 Å². The maximum absolute atomic E-state index is 13.7. The Morgan fingerprint density at radius 3 is 2.13 bits per heavy atom. The molecule has 0 aliphatic carbocycles. The molecule has 4 rings (SSSR count). The predicted molar refractivity (Wildman–Crippen MR) is 149 cm³/mol. The first-order chi connectivity index (χ1) is 18.9. The third kappa shape index (κ3) is 7.45. The summed E-state index contributed by atoms with van der Waals surface area (Å²) in [5, 5.41) is 31.4. The van der Waals surface area contributed by atoms with Crippen molar-refractivity contribution in [3.05, 3.63) is 89.7 Å². The maximum Gasteiger partial charge on any atom is 0.176 e. The fourth-order valence-electron chi connectivity index (χ4n) is 4.98. The van der Waals surface area contributed by atoms with Crippen molar-refractivity contribution < 1.29 is 29.6 Å². The van der Waals surface area contributed by atoms with Crippen LogP contribution in [0.4, 0.5) is 0 Å². The molecule has 8 nitrogen and oxygen atoms in total. The highest BCUT2D eigenvalue weighted by Crippen LogP contribution is 2.31. The quantitative estimate of drug-likeness (QED) is 0.226. The highest BCUT2D eigenvalue weighted by molar-refractivity contribution is 5.86. The van der Waals surface area contributed by atoms with Crippen molar-refractivity contribution in [2.75, 3.05) is 14.2 Å². The lowest BCUT2D eigenvalue weighted by Gasteiger charge is -2.24. The molecule has 1 aliphatic heterocycles. The molecule has 3 unspecified atom stereocenters. The number of ketones is 1. The van der Waals surface area contributed by atoms with Crippen molar-refractivity contribution in [1.29, 1.82) is 0 Å². The van der Waals surface area contributed by atoms with Gasteiger partial charge in [0.15, 0.2) is 29.2 Å². The summed E-state index contributed by atoms with van der Waals surface area (Å²) in [4.78, 5) is 20.9. The van der Waals surface area contributed by atoms with Gasteiger partial charge in [0.1, 0.15) is 17.9 Å². The van der Waals surface area contributed by atoms with Gasteiger partial charge in [-0.3, -0.25) is 4.79 Å². The van der Waals surface area contributed by atoms with Gasteiger partial charge in [0.2, 0.25) is 0 Å². The Balaban J connectivity index is 1.53. The number of phenolic OH excluding ortho intramolecular Hbond substituents is 2. The minimum absolute atomic E-state index is 0.00166. The molecule has 3 atom stereocenters. The van der Waals surface area contributed by atoms with Gasteiger partial charge in [-0.15, -0.1) is 4.99 Å². The number of hydrogen-bond donors (Lipinski definition) is 4. The number of methoxy groups -OCH3 is 2. The number of ether oxygens (including phenoxy) is 2. The highest BCUT2D eigenvalue weighted by atomic mass is 16.5. The Hall–Kier alpha value is -4.17. The number of aliphatic hydroxyl groups is 1. The number of rotatable bonds is 14. The summed E-state index contributed by atoms with van der Waals surface area (Å²) in [7, 11) is 2.98. The van der Waals surface area contributed by atoms with E-state index in [0.29, 0.717) is 37.2 Å². The molecular weight excluding hydrogens is 496 g/mol. The number of hydrogen-bond acceptors (Lipinski definition) is 7. The lowest BCUT2D eigenvalue weighted by Crippen LogP contribution is -2.30. The average molecular weight is 532 g/mol. The molecule has 0 radical (unpaired) electrons. The number of nitrogens with zero attached hydrogens (tertiary/aromatic N) is 1. The van der Waals surface area contributed by atoms with Crippen molar-refractivity contribution >= 4 is 12.0 Å². The first-order valence-electron chi connectivity index (χ1n) is 13.0. The highest BCUT2D eigenvalue weighted by Gasteiger charge is 2.30. The van der Waals surface area contributed by atoms with Crippen LogP contribution in [-0.2, 0) is 24.1 Å². The SMILES string of the molecule is COc1cc(CC(CC2=C[CH+]N=C2)C(=O)CC(O)C(Cc2cc[nH]c2)Cc2ccc(O)c(OC)c2)ccc1O. The topological polar surface area (TPSA) is 124 Å². The number of aliphatic hydroxyl groups excluding tert-OH is 1. The van der Waals surface area contributed by atoms with Crippen molar-refractivity contribution in [2.24, 2.45) is 16.8 Å². The Kier molecular flexibility index (Phi) is 9.33. The number of nitrogens with one attached hydrogen (secondary N) is 1. The number of aromatic hydroxyl groups is 2. The van der Waals surface area contributed by atoms with E-state index >= 15 is 0 Å². The first-order valence-corrected chi connectivity index (χ1v) is 13.0. The van der Waals surface area contributed by atoms with Gasteiger partial charge in [-0.25, -0.2) is 0 Å². The zero-order valence-corrected chi connectivity index (χ0v) is 22.2. The van der Waals surface area contributed by atoms with E-state index in [2.05, 4.69) is 9.98 Å². The lowest BCUT2D eigenvalue weighted by molar-refractivity contribution is -0.125. The van der Waals surface area contributed by atoms with Crippen LogP contribution in [0.5, 0.6) is 23.0 Å². The molecule has 2 aromatic carbocycles. The molecule has 204 valence electrons. The van der Waals surface area contributed by atoms with Crippen LogP contribution in [-0.4, -0.2) is 52.6 Å². The minimum Gasteiger partial charge on any atom is -0.504 e. The number of benzene rings is 2. The van der Waals surface area contributed by atoms with Gasteiger partial charge >= 0.3 is 0 Å². The maximum atomic E-state index is 13.7. The van der Waals surface area contributed by atoms with Crippen LogP contribution in [0.2, 0.25) is 0 Å². The monoisotopic (exact) mass is 531 g/mol. The molecule has 3 aromatic rings. The number of carbonyl (C=O) groups is 1. The van der Waals surface area contributed by atoms with E-state index in [1.165, 1.54) is 14.2 Å². The van der Waals surface area contributed by atoms with Crippen molar-refractivity contribution in [3.63, 3.8) is 0 Å². The fourth-order valence-corrected chi connectivity index (χ4v) is 4.98. The fraction of sp³-hybridized carbons (Fsp3) is 0.323. The summed E-state index contributed by atoms with van der Waals surface area (Å²) < 4.78 is 10.5. The molecule has 1 aromatic heterocycles. The number of aliphatic imine (C=N–C) groups is 1. The van der Waals surface area contributed by atoms with Crippen LogP contribution in [0.25, 0.3) is 0 Å². The second-order valence-electron chi connectivity index (χ2n) is 9.91. The molecule has 0 spiro atoms. The number of H-pyrrole nitrogens is 1. The number of Topliss-reactive ketones (excluding diaryl/α,β-unsaturated/α-hetero) is 1. The standard InChI is InChI=1S/C31H34N2O6/c1-38-30-15-20(3-5-26(30)34)11-24(13-22-7-9-32-18-22)28(36)17-29(37)25(14-23-8-10-33-19-23)12-21-4-6-27(35)31(16-21)39-2/h3-10,15-16,18-19,24-25,28,32,36H,11-14,17H2,1-2H3,(H-,34,35)/p+1. The lowest BCUT2D eigenvalue weighted by atomic mass is 9.82. The van der Waals surface area contributed by atoms with Crippen LogP contribution >= 0.6 is 0 Å². The second-order valence-corrected chi connectivity index (χ2v) is 9.91. The minimum atomic E-state index is -0.887. The van der Waals surface area contributed by atoms with Crippen molar-refractivity contribution in [1.82, 2.24) is 4.98 Å². The third-order valence-electron chi connectivity index (χ3n) is 7.14. The van der Waals surface area contributed by atoms with E-state index in [4.69, 9.17) is 9.47 Å². The van der Waals surface area contributed by atoms with Crippen LogP contribution < -0.4 is 9.47 Å². The Morgan fingerprint density at radius 2 is 1.56 bits per heavy atom. The van der Waals surface area contributed by atoms with E-state index in [1.54, 1.807) is 49.2 Å². The first kappa shape index (κ1) is 27.9. The zero-order valence-electron chi connectivity index (χ0n) is 22.2. The van der Waals surface area contributed by atoms with Crippen LogP contribution in [0.3, 0.4) is 0 Å². The molecule has 4 N–H and O–H groups in total. The van der Waals surface area contributed by atoms with Crippen molar-refractivity contribution in [3.8, 4) is 23.0 Å². The number of phenols is 2. The summed E-state index contributed by atoms with van der Waals surface area (Å²) in [5.41, 5.74) is 3.74. The van der Waals surface area contributed by atoms with Gasteiger partial charge in [0, 0.05) is 31.2 Å². The van der Waals surface area contributed by atoms with E-state index in [9.17, 15) is 20.1 Å². The Labute approximate surface area is 228 Å².